The molecule has 0 aromatic rings. The van der Waals surface area contributed by atoms with E-state index in [0.717, 1.165) is 0 Å². The molecular formula is C18H33N5O5. The summed E-state index contributed by atoms with van der Waals surface area (Å²) in [4.78, 5) is 60.3. The van der Waals surface area contributed by atoms with E-state index in [1.54, 1.807) is 0 Å². The van der Waals surface area contributed by atoms with Crippen molar-refractivity contribution in [3.8, 4) is 0 Å². The highest BCUT2D eigenvalue weighted by Crippen LogP contribution is 2.13. The van der Waals surface area contributed by atoms with Crippen molar-refractivity contribution in [1.29, 1.82) is 0 Å². The molecule has 0 rings (SSSR count). The SMILES string of the molecule is CC(=O)NC(C)(C)C(=O)NC(C)(C)C(=O)NC(C)(C)C(=O)NC(C)(C)C(N)=O. The Morgan fingerprint density at radius 3 is 1.04 bits per heavy atom. The zero-order valence-corrected chi connectivity index (χ0v) is 18.1. The second-order valence-corrected chi connectivity index (χ2v) is 8.91. The molecule has 5 amide bonds. The van der Waals surface area contributed by atoms with Gasteiger partial charge in [-0.25, -0.2) is 0 Å². The lowest BCUT2D eigenvalue weighted by Gasteiger charge is -2.35. The summed E-state index contributed by atoms with van der Waals surface area (Å²) in [5.74, 6) is -2.94. The fourth-order valence-corrected chi connectivity index (χ4v) is 1.99. The van der Waals surface area contributed by atoms with Gasteiger partial charge >= 0.3 is 0 Å². The van der Waals surface area contributed by atoms with E-state index in [4.69, 9.17) is 5.73 Å². The van der Waals surface area contributed by atoms with E-state index in [9.17, 15) is 24.0 Å². The second-order valence-electron chi connectivity index (χ2n) is 8.91. The molecule has 0 saturated heterocycles. The molecule has 0 spiro atoms. The maximum Gasteiger partial charge on any atom is 0.246 e. The third-order valence-electron chi connectivity index (χ3n) is 4.09. The third-order valence-corrected chi connectivity index (χ3v) is 4.09. The Bertz CT molecular complexity index is 680. The van der Waals surface area contributed by atoms with Gasteiger partial charge in [-0.15, -0.1) is 0 Å². The van der Waals surface area contributed by atoms with Crippen LogP contribution >= 0.6 is 0 Å². The first-order chi connectivity index (χ1) is 12.2. The second kappa shape index (κ2) is 8.15. The number of rotatable bonds is 8. The molecule has 0 fully saturated rings. The summed E-state index contributed by atoms with van der Waals surface area (Å²) in [6.07, 6.45) is 0. The summed E-state index contributed by atoms with van der Waals surface area (Å²) in [7, 11) is 0. The van der Waals surface area contributed by atoms with Gasteiger partial charge in [-0.05, 0) is 55.4 Å². The molecule has 28 heavy (non-hydrogen) atoms. The van der Waals surface area contributed by atoms with Gasteiger partial charge in [-0.1, -0.05) is 0 Å². The molecule has 0 heterocycles. The van der Waals surface area contributed by atoms with Crippen LogP contribution in [0.1, 0.15) is 62.3 Å². The highest BCUT2D eigenvalue weighted by atomic mass is 16.2. The number of primary amides is 1. The summed E-state index contributed by atoms with van der Waals surface area (Å²) in [5.41, 5.74) is -0.0661. The minimum Gasteiger partial charge on any atom is -0.368 e. The van der Waals surface area contributed by atoms with Crippen LogP contribution in [0.2, 0.25) is 0 Å². The Labute approximate surface area is 165 Å². The van der Waals surface area contributed by atoms with E-state index in [2.05, 4.69) is 21.3 Å². The predicted octanol–water partition coefficient (Wildman–Crippen LogP) is -0.929. The van der Waals surface area contributed by atoms with Gasteiger partial charge in [0.05, 0.1) is 0 Å². The number of carbonyl (C=O) groups excluding carboxylic acids is 5. The quantitative estimate of drug-likeness (QED) is 0.356. The van der Waals surface area contributed by atoms with Crippen molar-refractivity contribution in [2.75, 3.05) is 0 Å². The lowest BCUT2D eigenvalue weighted by Crippen LogP contribution is -2.67. The van der Waals surface area contributed by atoms with Gasteiger partial charge in [0.1, 0.15) is 22.2 Å². The van der Waals surface area contributed by atoms with Gasteiger partial charge in [0.25, 0.3) is 0 Å². The highest BCUT2D eigenvalue weighted by molar-refractivity contribution is 5.99. The highest BCUT2D eigenvalue weighted by Gasteiger charge is 2.41. The Morgan fingerprint density at radius 1 is 0.536 bits per heavy atom. The smallest absolute Gasteiger partial charge is 0.246 e. The number of hydrogen-bond acceptors (Lipinski definition) is 5. The van der Waals surface area contributed by atoms with E-state index < -0.39 is 51.7 Å². The summed E-state index contributed by atoms with van der Waals surface area (Å²) < 4.78 is 0. The van der Waals surface area contributed by atoms with Crippen molar-refractivity contribution in [2.45, 2.75) is 84.5 Å². The molecule has 0 atom stereocenters. The molecule has 0 bridgehead atoms. The fourth-order valence-electron chi connectivity index (χ4n) is 1.99. The Hall–Kier alpha value is -2.65. The van der Waals surface area contributed by atoms with Crippen LogP contribution in [0.5, 0.6) is 0 Å². The van der Waals surface area contributed by atoms with Gasteiger partial charge in [-0.2, -0.15) is 0 Å². The molecule has 0 saturated carbocycles. The van der Waals surface area contributed by atoms with Gasteiger partial charge in [0.2, 0.25) is 29.5 Å². The molecule has 0 aromatic carbocycles. The maximum atomic E-state index is 12.7. The third kappa shape index (κ3) is 6.82. The van der Waals surface area contributed by atoms with E-state index in [-0.39, 0.29) is 0 Å². The van der Waals surface area contributed by atoms with Gasteiger partial charge in [0, 0.05) is 6.92 Å². The minimum absolute atomic E-state index is 0.391. The monoisotopic (exact) mass is 399 g/mol. The number of amides is 5. The molecule has 6 N–H and O–H groups in total. The van der Waals surface area contributed by atoms with Crippen LogP contribution in [0.4, 0.5) is 0 Å². The van der Waals surface area contributed by atoms with Gasteiger partial charge in [0.15, 0.2) is 0 Å². The average Bonchev–Trinajstić information content (AvgIpc) is 2.43. The van der Waals surface area contributed by atoms with Crippen molar-refractivity contribution < 1.29 is 24.0 Å². The van der Waals surface area contributed by atoms with Crippen molar-refractivity contribution in [1.82, 2.24) is 21.3 Å². The van der Waals surface area contributed by atoms with Crippen LogP contribution in [0.15, 0.2) is 0 Å². The van der Waals surface area contributed by atoms with Crippen LogP contribution in [-0.4, -0.2) is 51.7 Å². The van der Waals surface area contributed by atoms with E-state index in [1.165, 1.54) is 62.3 Å². The first-order valence-corrected chi connectivity index (χ1v) is 8.81. The summed E-state index contributed by atoms with van der Waals surface area (Å²) >= 11 is 0. The summed E-state index contributed by atoms with van der Waals surface area (Å²) in [5, 5.41) is 10.1. The molecule has 10 nitrogen and oxygen atoms in total. The lowest BCUT2D eigenvalue weighted by atomic mass is 9.95. The summed E-state index contributed by atoms with van der Waals surface area (Å²) in [6, 6.07) is 0. The van der Waals surface area contributed by atoms with Crippen LogP contribution in [0.3, 0.4) is 0 Å². The largest absolute Gasteiger partial charge is 0.368 e. The number of nitrogens with one attached hydrogen (secondary N) is 4. The Morgan fingerprint density at radius 2 is 0.786 bits per heavy atom. The molecule has 0 aliphatic heterocycles. The van der Waals surface area contributed by atoms with Crippen LogP contribution in [-0.2, 0) is 24.0 Å². The lowest BCUT2D eigenvalue weighted by molar-refractivity contribution is -0.140. The van der Waals surface area contributed by atoms with E-state index >= 15 is 0 Å². The summed E-state index contributed by atoms with van der Waals surface area (Å²) in [6.45, 7) is 13.0. The standard InChI is InChI=1S/C18H33N5O5/c1-10(24)20-16(4,5)12(26)22-18(8,9)14(28)23-17(6,7)13(27)21-15(2,3)11(19)25/h1-9H3,(H2,19,25)(H,20,24)(H,21,27)(H,22,26)(H,23,28). The van der Waals surface area contributed by atoms with Gasteiger partial charge < -0.3 is 27.0 Å². The number of nitrogens with two attached hydrogens (primary N) is 1. The number of hydrogen-bond donors (Lipinski definition) is 5. The van der Waals surface area contributed by atoms with Crippen molar-refractivity contribution in [3.63, 3.8) is 0 Å². The van der Waals surface area contributed by atoms with Crippen LogP contribution < -0.4 is 27.0 Å². The maximum absolute atomic E-state index is 12.7. The van der Waals surface area contributed by atoms with Crippen molar-refractivity contribution in [2.24, 2.45) is 5.73 Å². The zero-order chi connectivity index (χ0) is 22.7. The molecule has 0 unspecified atom stereocenters. The molecule has 10 heteroatoms. The predicted molar refractivity (Wildman–Crippen MR) is 104 cm³/mol. The first kappa shape index (κ1) is 25.4. The molecule has 0 aromatic heterocycles. The van der Waals surface area contributed by atoms with E-state index in [1.807, 2.05) is 0 Å². The average molecular weight is 399 g/mol. The van der Waals surface area contributed by atoms with Crippen molar-refractivity contribution in [3.05, 3.63) is 0 Å². The Kier molecular flexibility index (Phi) is 7.38. The number of carbonyl (C=O) groups is 5. The molecular weight excluding hydrogens is 366 g/mol. The first-order valence-electron chi connectivity index (χ1n) is 8.81. The zero-order valence-electron chi connectivity index (χ0n) is 18.1. The van der Waals surface area contributed by atoms with Crippen molar-refractivity contribution >= 4 is 29.5 Å². The fraction of sp³-hybridized carbons (Fsp3) is 0.722. The van der Waals surface area contributed by atoms with Crippen LogP contribution in [0.25, 0.3) is 0 Å². The Balaban J connectivity index is 5.25. The molecule has 0 aliphatic rings. The normalized spacial score (nSPS) is 12.6. The molecule has 0 radical (unpaired) electrons. The van der Waals surface area contributed by atoms with Crippen LogP contribution in [0, 0.1) is 0 Å². The minimum atomic E-state index is -1.39. The van der Waals surface area contributed by atoms with E-state index in [0.29, 0.717) is 0 Å². The molecule has 0 aliphatic carbocycles. The topological polar surface area (TPSA) is 159 Å². The molecule has 160 valence electrons. The van der Waals surface area contributed by atoms with Gasteiger partial charge in [-0.3, -0.25) is 24.0 Å².